The van der Waals surface area contributed by atoms with Crippen molar-refractivity contribution in [2.75, 3.05) is 37.7 Å². The van der Waals surface area contributed by atoms with Crippen LogP contribution in [0.5, 0.6) is 0 Å². The van der Waals surface area contributed by atoms with Crippen molar-refractivity contribution in [1.82, 2.24) is 9.88 Å². The van der Waals surface area contributed by atoms with Gasteiger partial charge in [-0.05, 0) is 37.2 Å². The van der Waals surface area contributed by atoms with Crippen LogP contribution in [0.15, 0.2) is 53.3 Å². The zero-order chi connectivity index (χ0) is 20.2. The van der Waals surface area contributed by atoms with Gasteiger partial charge in [0.25, 0.3) is 0 Å². The summed E-state index contributed by atoms with van der Waals surface area (Å²) in [7, 11) is 0. The lowest BCUT2D eigenvalue weighted by Crippen LogP contribution is -2.36. The summed E-state index contributed by atoms with van der Waals surface area (Å²) in [5.74, 6) is 0. The largest absolute Gasteiger partial charge is 0.378 e. The molecule has 1 aliphatic heterocycles. The third-order valence-electron chi connectivity index (χ3n) is 5.75. The lowest BCUT2D eigenvalue weighted by Gasteiger charge is -2.29. The van der Waals surface area contributed by atoms with Crippen LogP contribution in [0.25, 0.3) is 10.9 Å². The van der Waals surface area contributed by atoms with Crippen LogP contribution in [0.2, 0.25) is 0 Å². The van der Waals surface area contributed by atoms with E-state index in [4.69, 9.17) is 4.74 Å². The van der Waals surface area contributed by atoms with Gasteiger partial charge in [-0.3, -0.25) is 9.69 Å². The predicted molar refractivity (Wildman–Crippen MR) is 119 cm³/mol. The zero-order valence-corrected chi connectivity index (χ0v) is 17.3. The number of H-pyrrole nitrogens is 1. The number of nitrogens with one attached hydrogen (secondary N) is 1. The Hall–Kier alpha value is -2.63. The molecular formula is C24H29N3O2. The number of hydrogen-bond acceptors (Lipinski definition) is 4. The van der Waals surface area contributed by atoms with Gasteiger partial charge in [-0.25, -0.2) is 0 Å². The minimum absolute atomic E-state index is 0.137. The van der Waals surface area contributed by atoms with Crippen LogP contribution < -0.4 is 10.3 Å². The Labute approximate surface area is 171 Å². The maximum atomic E-state index is 13.4. The number of aromatic amines is 1. The van der Waals surface area contributed by atoms with E-state index in [1.807, 2.05) is 25.1 Å². The number of benzene rings is 2. The van der Waals surface area contributed by atoms with Gasteiger partial charge >= 0.3 is 0 Å². The molecular weight excluding hydrogens is 362 g/mol. The van der Waals surface area contributed by atoms with Crippen LogP contribution in [-0.4, -0.2) is 42.7 Å². The molecule has 1 aliphatic rings. The highest BCUT2D eigenvalue weighted by atomic mass is 16.5. The molecule has 5 nitrogen and oxygen atoms in total. The van der Waals surface area contributed by atoms with E-state index >= 15 is 0 Å². The highest BCUT2D eigenvalue weighted by Crippen LogP contribution is 2.22. The summed E-state index contributed by atoms with van der Waals surface area (Å²) in [6.45, 7) is 9.71. The van der Waals surface area contributed by atoms with Crippen molar-refractivity contribution in [2.45, 2.75) is 26.9 Å². The van der Waals surface area contributed by atoms with Crippen molar-refractivity contribution < 1.29 is 4.74 Å². The van der Waals surface area contributed by atoms with Crippen molar-refractivity contribution >= 4 is 16.6 Å². The van der Waals surface area contributed by atoms with E-state index in [1.54, 1.807) is 0 Å². The van der Waals surface area contributed by atoms with E-state index in [-0.39, 0.29) is 5.43 Å². The number of aryl methyl sites for hydroxylation is 1. The summed E-state index contributed by atoms with van der Waals surface area (Å²) in [6.07, 6.45) is 0. The molecule has 1 N–H and O–H groups in total. The second kappa shape index (κ2) is 8.80. The first-order chi connectivity index (χ1) is 14.2. The van der Waals surface area contributed by atoms with Crippen LogP contribution in [0.4, 0.5) is 5.69 Å². The minimum Gasteiger partial charge on any atom is -0.378 e. The van der Waals surface area contributed by atoms with Gasteiger partial charge in [0.05, 0.1) is 13.2 Å². The summed E-state index contributed by atoms with van der Waals surface area (Å²) in [5, 5.41) is 0.769. The molecule has 1 fully saturated rings. The van der Waals surface area contributed by atoms with Crippen LogP contribution in [-0.2, 0) is 17.8 Å². The van der Waals surface area contributed by atoms with Gasteiger partial charge in [-0.2, -0.15) is 0 Å². The van der Waals surface area contributed by atoms with Gasteiger partial charge in [0.2, 0.25) is 0 Å². The fraction of sp³-hybridized carbons (Fsp3) is 0.375. The quantitative estimate of drug-likeness (QED) is 0.696. The van der Waals surface area contributed by atoms with Crippen molar-refractivity contribution in [1.29, 1.82) is 0 Å². The fourth-order valence-electron chi connectivity index (χ4n) is 3.99. The van der Waals surface area contributed by atoms with E-state index in [1.165, 1.54) is 5.56 Å². The molecule has 0 spiro atoms. The minimum atomic E-state index is 0.137. The summed E-state index contributed by atoms with van der Waals surface area (Å²) >= 11 is 0. The molecule has 3 aromatic rings. The van der Waals surface area contributed by atoms with Gasteiger partial charge < -0.3 is 14.6 Å². The lowest BCUT2D eigenvalue weighted by atomic mass is 10.1. The van der Waals surface area contributed by atoms with Crippen LogP contribution in [0.1, 0.15) is 23.7 Å². The Morgan fingerprint density at radius 3 is 2.55 bits per heavy atom. The van der Waals surface area contributed by atoms with E-state index in [9.17, 15) is 4.79 Å². The van der Waals surface area contributed by atoms with Crippen molar-refractivity contribution in [3.8, 4) is 0 Å². The van der Waals surface area contributed by atoms with Crippen LogP contribution in [0, 0.1) is 6.92 Å². The second-order valence-electron chi connectivity index (χ2n) is 7.68. The Kier molecular flexibility index (Phi) is 5.97. The first kappa shape index (κ1) is 19.7. The van der Waals surface area contributed by atoms with Gasteiger partial charge in [0, 0.05) is 54.0 Å². The monoisotopic (exact) mass is 391 g/mol. The molecule has 0 saturated carbocycles. The van der Waals surface area contributed by atoms with E-state index in [2.05, 4.69) is 52.0 Å². The average Bonchev–Trinajstić information content (AvgIpc) is 2.77. The van der Waals surface area contributed by atoms with Crippen molar-refractivity contribution in [3.63, 3.8) is 0 Å². The molecule has 1 aromatic heterocycles. The molecule has 4 rings (SSSR count). The number of hydrogen-bond donors (Lipinski definition) is 1. The van der Waals surface area contributed by atoms with E-state index in [0.717, 1.165) is 67.2 Å². The van der Waals surface area contributed by atoms with Crippen molar-refractivity contribution in [3.05, 3.63) is 75.6 Å². The number of anilines is 1. The van der Waals surface area contributed by atoms with Gasteiger partial charge in [-0.1, -0.05) is 37.3 Å². The van der Waals surface area contributed by atoms with E-state index < -0.39 is 0 Å². The highest BCUT2D eigenvalue weighted by molar-refractivity contribution is 5.83. The molecule has 2 aromatic carbocycles. The summed E-state index contributed by atoms with van der Waals surface area (Å²) < 4.78 is 5.46. The van der Waals surface area contributed by atoms with E-state index in [0.29, 0.717) is 6.54 Å². The van der Waals surface area contributed by atoms with Gasteiger partial charge in [0.15, 0.2) is 5.43 Å². The van der Waals surface area contributed by atoms with Crippen LogP contribution >= 0.6 is 0 Å². The number of rotatable bonds is 6. The molecule has 0 aliphatic carbocycles. The third-order valence-corrected chi connectivity index (χ3v) is 5.75. The number of aromatic nitrogens is 1. The summed E-state index contributed by atoms with van der Waals surface area (Å²) in [6, 6.07) is 16.6. The Balaban J connectivity index is 1.65. The first-order valence-corrected chi connectivity index (χ1v) is 10.4. The molecule has 152 valence electrons. The first-order valence-electron chi connectivity index (χ1n) is 10.4. The third kappa shape index (κ3) is 4.36. The zero-order valence-electron chi connectivity index (χ0n) is 17.3. The van der Waals surface area contributed by atoms with Gasteiger partial charge in [0.1, 0.15) is 0 Å². The maximum Gasteiger partial charge on any atom is 0.194 e. The number of ether oxygens (including phenoxy) is 1. The second-order valence-corrected chi connectivity index (χ2v) is 7.68. The highest BCUT2D eigenvalue weighted by Gasteiger charge is 2.16. The average molecular weight is 392 g/mol. The SMILES string of the molecule is CCN(Cc1ccccc1)Cc1c(C)[nH]c2ccc(N3CCOCC3)cc2c1=O. The molecule has 1 saturated heterocycles. The smallest absolute Gasteiger partial charge is 0.194 e. The molecule has 29 heavy (non-hydrogen) atoms. The number of pyridine rings is 1. The molecule has 2 heterocycles. The predicted octanol–water partition coefficient (Wildman–Crippen LogP) is 3.70. The molecule has 0 bridgehead atoms. The van der Waals surface area contributed by atoms with Crippen LogP contribution in [0.3, 0.4) is 0 Å². The molecule has 0 radical (unpaired) electrons. The number of fused-ring (bicyclic) bond motifs is 1. The standard InChI is InChI=1S/C24H29N3O2/c1-3-26(16-19-7-5-4-6-8-19)17-22-18(2)25-23-10-9-20(15-21(23)24(22)28)27-11-13-29-14-12-27/h4-10,15H,3,11-14,16-17H2,1-2H3,(H,25,28). The van der Waals surface area contributed by atoms with Gasteiger partial charge in [-0.15, -0.1) is 0 Å². The van der Waals surface area contributed by atoms with Crippen molar-refractivity contribution in [2.24, 2.45) is 0 Å². The molecule has 0 amide bonds. The Morgan fingerprint density at radius 1 is 1.07 bits per heavy atom. The maximum absolute atomic E-state index is 13.4. The molecule has 0 unspecified atom stereocenters. The fourth-order valence-corrected chi connectivity index (χ4v) is 3.99. The topological polar surface area (TPSA) is 48.6 Å². The molecule has 0 atom stereocenters. The summed E-state index contributed by atoms with van der Waals surface area (Å²) in [5.41, 5.74) is 5.20. The Bertz CT molecular complexity index is 1020. The normalized spacial score (nSPS) is 14.7. The summed E-state index contributed by atoms with van der Waals surface area (Å²) in [4.78, 5) is 21.4. The lowest BCUT2D eigenvalue weighted by molar-refractivity contribution is 0.122. The number of nitrogens with zero attached hydrogens (tertiary/aromatic N) is 2. The Morgan fingerprint density at radius 2 is 1.83 bits per heavy atom. The number of morpholine rings is 1. The molecule has 5 heteroatoms.